The molecular weight excluding hydrogens is 288 g/mol. The fraction of sp³-hybridized carbons (Fsp3) is 0.125. The summed E-state index contributed by atoms with van der Waals surface area (Å²) in [5, 5.41) is 3.15. The molecule has 0 radical (unpaired) electrons. The highest BCUT2D eigenvalue weighted by atomic mass is 127. The molecule has 0 bridgehead atoms. The van der Waals surface area contributed by atoms with Crippen LogP contribution in [0, 0.1) is 0 Å². The Morgan fingerprint density at radius 3 is 2.75 bits per heavy atom. The summed E-state index contributed by atoms with van der Waals surface area (Å²) in [6.07, 6.45) is 0. The molecule has 1 aromatic carbocycles. The van der Waals surface area contributed by atoms with Crippen molar-refractivity contribution in [2.24, 2.45) is 0 Å². The van der Waals surface area contributed by atoms with E-state index in [1.54, 1.807) is 24.3 Å². The van der Waals surface area contributed by atoms with Gasteiger partial charge in [-0.15, -0.1) is 0 Å². The monoisotopic (exact) mass is 295 g/mol. The predicted octanol–water partition coefficient (Wildman–Crippen LogP) is 2.46. The van der Waals surface area contributed by atoms with Crippen LogP contribution in [0.3, 0.4) is 0 Å². The molecule has 0 heterocycles. The molecule has 2 nitrogen and oxygen atoms in total. The van der Waals surface area contributed by atoms with Gasteiger partial charge in [-0.3, -0.25) is 4.79 Å². The highest BCUT2D eigenvalue weighted by Gasteiger charge is 2.06. The fourth-order valence-corrected chi connectivity index (χ4v) is 1.37. The summed E-state index contributed by atoms with van der Waals surface area (Å²) >= 11 is 7.86. The molecule has 0 saturated carbocycles. The highest BCUT2D eigenvalue weighted by Crippen LogP contribution is 2.14. The molecule has 0 fully saturated rings. The van der Waals surface area contributed by atoms with E-state index in [4.69, 9.17) is 11.6 Å². The molecule has 1 rings (SSSR count). The zero-order valence-corrected chi connectivity index (χ0v) is 9.09. The van der Waals surface area contributed by atoms with Crippen molar-refractivity contribution < 1.29 is 4.79 Å². The van der Waals surface area contributed by atoms with E-state index < -0.39 is 0 Å². The van der Waals surface area contributed by atoms with Gasteiger partial charge in [-0.2, -0.15) is 0 Å². The van der Waals surface area contributed by atoms with Gasteiger partial charge in [-0.05, 0) is 12.1 Å². The van der Waals surface area contributed by atoms with Gasteiger partial charge in [0.15, 0.2) is 0 Å². The molecule has 0 unspecified atom stereocenters. The van der Waals surface area contributed by atoms with Crippen LogP contribution in [0.1, 0.15) is 10.4 Å². The van der Waals surface area contributed by atoms with E-state index in [0.717, 1.165) is 0 Å². The predicted molar refractivity (Wildman–Crippen MR) is 57.8 cm³/mol. The Bertz CT molecular complexity index is 290. The number of hydrogen-bond donors (Lipinski definition) is 1. The SMILES string of the molecule is O=C(NCI)c1ccccc1Cl. The van der Waals surface area contributed by atoms with E-state index in [0.29, 0.717) is 15.1 Å². The second kappa shape index (κ2) is 4.67. The van der Waals surface area contributed by atoms with Gasteiger partial charge in [0, 0.05) is 0 Å². The molecule has 0 aliphatic carbocycles. The first-order chi connectivity index (χ1) is 5.75. The maximum atomic E-state index is 11.3. The van der Waals surface area contributed by atoms with Crippen molar-refractivity contribution in [3.63, 3.8) is 0 Å². The quantitative estimate of drug-likeness (QED) is 0.507. The summed E-state index contributed by atoms with van der Waals surface area (Å²) in [5.74, 6) is -0.130. The first-order valence-electron chi connectivity index (χ1n) is 3.34. The molecular formula is C8H7ClINO. The second-order valence-corrected chi connectivity index (χ2v) is 3.29. The van der Waals surface area contributed by atoms with E-state index in [1.807, 2.05) is 0 Å². The normalized spacial score (nSPS) is 9.50. The summed E-state index contributed by atoms with van der Waals surface area (Å²) in [6.45, 7) is 0. The third-order valence-corrected chi connectivity index (χ3v) is 2.06. The lowest BCUT2D eigenvalue weighted by molar-refractivity contribution is 0.0962. The topological polar surface area (TPSA) is 29.1 Å². The van der Waals surface area contributed by atoms with Crippen molar-refractivity contribution in [1.29, 1.82) is 0 Å². The van der Waals surface area contributed by atoms with Gasteiger partial charge in [-0.25, -0.2) is 0 Å². The summed E-state index contributed by atoms with van der Waals surface area (Å²) in [7, 11) is 0. The zero-order chi connectivity index (χ0) is 8.97. The maximum absolute atomic E-state index is 11.3. The molecule has 0 spiro atoms. The summed E-state index contributed by atoms with van der Waals surface area (Å²) in [6, 6.07) is 6.98. The molecule has 12 heavy (non-hydrogen) atoms. The Balaban J connectivity index is 2.87. The summed E-state index contributed by atoms with van der Waals surface area (Å²) < 4.78 is 0.585. The number of hydrogen-bond acceptors (Lipinski definition) is 1. The molecule has 1 N–H and O–H groups in total. The number of halogens is 2. The fourth-order valence-electron chi connectivity index (χ4n) is 0.801. The van der Waals surface area contributed by atoms with Crippen LogP contribution in [-0.2, 0) is 0 Å². The Labute approximate surface area is 89.4 Å². The average Bonchev–Trinajstić information content (AvgIpc) is 2.05. The van der Waals surface area contributed by atoms with Crippen LogP contribution in [0.15, 0.2) is 24.3 Å². The van der Waals surface area contributed by atoms with Crippen LogP contribution >= 0.6 is 34.2 Å². The van der Waals surface area contributed by atoms with Crippen LogP contribution in [0.2, 0.25) is 5.02 Å². The Morgan fingerprint density at radius 1 is 1.50 bits per heavy atom. The second-order valence-electron chi connectivity index (χ2n) is 2.12. The minimum atomic E-state index is -0.130. The van der Waals surface area contributed by atoms with Gasteiger partial charge < -0.3 is 5.32 Å². The molecule has 0 aromatic heterocycles. The van der Waals surface area contributed by atoms with Crippen molar-refractivity contribution in [3.8, 4) is 0 Å². The van der Waals surface area contributed by atoms with Crippen LogP contribution in [0.4, 0.5) is 0 Å². The summed E-state index contributed by atoms with van der Waals surface area (Å²) in [5.41, 5.74) is 0.524. The van der Waals surface area contributed by atoms with E-state index in [9.17, 15) is 4.79 Å². The van der Waals surface area contributed by atoms with Gasteiger partial charge in [0.05, 0.1) is 15.1 Å². The Hall–Kier alpha value is -0.290. The van der Waals surface area contributed by atoms with Crippen LogP contribution in [0.5, 0.6) is 0 Å². The number of carbonyl (C=O) groups is 1. The molecule has 0 saturated heterocycles. The van der Waals surface area contributed by atoms with Crippen molar-refractivity contribution in [2.75, 3.05) is 4.55 Å². The number of carbonyl (C=O) groups excluding carboxylic acids is 1. The zero-order valence-electron chi connectivity index (χ0n) is 6.18. The smallest absolute Gasteiger partial charge is 0.253 e. The first kappa shape index (κ1) is 9.80. The maximum Gasteiger partial charge on any atom is 0.253 e. The molecule has 0 atom stereocenters. The van der Waals surface area contributed by atoms with Crippen molar-refractivity contribution in [1.82, 2.24) is 5.32 Å². The largest absolute Gasteiger partial charge is 0.343 e. The van der Waals surface area contributed by atoms with E-state index in [2.05, 4.69) is 27.9 Å². The van der Waals surface area contributed by atoms with Gasteiger partial charge in [0.25, 0.3) is 5.91 Å². The van der Waals surface area contributed by atoms with Crippen molar-refractivity contribution >= 4 is 40.1 Å². The van der Waals surface area contributed by atoms with Gasteiger partial charge in [-0.1, -0.05) is 46.3 Å². The van der Waals surface area contributed by atoms with E-state index in [1.165, 1.54) is 0 Å². The molecule has 64 valence electrons. The van der Waals surface area contributed by atoms with E-state index in [-0.39, 0.29) is 5.91 Å². The van der Waals surface area contributed by atoms with Gasteiger partial charge in [0.1, 0.15) is 0 Å². The third kappa shape index (κ3) is 2.35. The van der Waals surface area contributed by atoms with Crippen LogP contribution < -0.4 is 5.32 Å². The van der Waals surface area contributed by atoms with Crippen LogP contribution in [0.25, 0.3) is 0 Å². The van der Waals surface area contributed by atoms with Crippen LogP contribution in [-0.4, -0.2) is 10.5 Å². The van der Waals surface area contributed by atoms with Gasteiger partial charge in [0.2, 0.25) is 0 Å². The highest BCUT2D eigenvalue weighted by molar-refractivity contribution is 14.1. The minimum absolute atomic E-state index is 0.130. The Morgan fingerprint density at radius 2 is 2.17 bits per heavy atom. The molecule has 1 aromatic rings. The lowest BCUT2D eigenvalue weighted by Gasteiger charge is -2.02. The van der Waals surface area contributed by atoms with E-state index >= 15 is 0 Å². The Kier molecular flexibility index (Phi) is 3.81. The summed E-state index contributed by atoms with van der Waals surface area (Å²) in [4.78, 5) is 11.3. The number of benzene rings is 1. The standard InChI is InChI=1S/C8H7ClINO/c9-7-4-2-1-3-6(7)8(12)11-5-10/h1-4H,5H2,(H,11,12). The van der Waals surface area contributed by atoms with Crippen molar-refractivity contribution in [3.05, 3.63) is 34.9 Å². The average molecular weight is 296 g/mol. The molecule has 0 aliphatic rings. The number of nitrogens with one attached hydrogen (secondary N) is 1. The molecule has 0 aliphatic heterocycles. The minimum Gasteiger partial charge on any atom is -0.343 e. The number of rotatable bonds is 2. The number of amides is 1. The molecule has 4 heteroatoms. The van der Waals surface area contributed by atoms with Gasteiger partial charge >= 0.3 is 0 Å². The number of alkyl halides is 1. The van der Waals surface area contributed by atoms with Crippen molar-refractivity contribution in [2.45, 2.75) is 0 Å². The lowest BCUT2D eigenvalue weighted by Crippen LogP contribution is -2.21. The molecule has 1 amide bonds. The third-order valence-electron chi connectivity index (χ3n) is 1.35. The first-order valence-corrected chi connectivity index (χ1v) is 5.24. The lowest BCUT2D eigenvalue weighted by atomic mass is 10.2.